The second-order valence-corrected chi connectivity index (χ2v) is 18.8. The van der Waals surface area contributed by atoms with Gasteiger partial charge < -0.3 is 62.1 Å². The van der Waals surface area contributed by atoms with Crippen LogP contribution in [0.15, 0.2) is 30.3 Å². The minimum absolute atomic E-state index is 0.114. The van der Waals surface area contributed by atoms with Crippen LogP contribution in [0.25, 0.3) is 0 Å². The number of ether oxygens (including phenoxy) is 3. The summed E-state index contributed by atoms with van der Waals surface area (Å²) in [5, 5.41) is 33.9. The molecule has 20 nitrogen and oxygen atoms in total. The summed E-state index contributed by atoms with van der Waals surface area (Å²) in [6.45, 7) is 19.5. The van der Waals surface area contributed by atoms with E-state index in [1.54, 1.807) is 92.6 Å². The summed E-state index contributed by atoms with van der Waals surface area (Å²) in [6.07, 6.45) is -2.65. The van der Waals surface area contributed by atoms with Crippen LogP contribution in [0.3, 0.4) is 0 Å². The van der Waals surface area contributed by atoms with Gasteiger partial charge in [0.15, 0.2) is 0 Å². The molecule has 1 aromatic carbocycles. The van der Waals surface area contributed by atoms with E-state index >= 15 is 0 Å². The zero-order valence-electron chi connectivity index (χ0n) is 38.9. The Morgan fingerprint density at radius 1 is 0.635 bits per heavy atom. The molecule has 6 amide bonds. The van der Waals surface area contributed by atoms with Gasteiger partial charge in [-0.1, -0.05) is 30.3 Å². The minimum Gasteiger partial charge on any atom is -0.480 e. The predicted molar refractivity (Wildman–Crippen MR) is 231 cm³/mol. The van der Waals surface area contributed by atoms with Crippen molar-refractivity contribution in [3.8, 4) is 0 Å². The first-order valence-electron chi connectivity index (χ1n) is 20.8. The Hall–Kier alpha value is -5.18. The topological polar surface area (TPSA) is 303 Å². The summed E-state index contributed by atoms with van der Waals surface area (Å²) in [6, 6.07) is 1.16. The molecule has 20 heteroatoms. The number of hydrogen-bond donors (Lipinski definition) is 9. The van der Waals surface area contributed by atoms with Crippen LogP contribution < -0.4 is 37.6 Å². The van der Waals surface area contributed by atoms with E-state index in [0.29, 0.717) is 5.56 Å². The SMILES string of the molecule is C[C@@H](OC(C)(C)C)[C@H](NC(=O)CNC(=O)[C@H](CCC(=O)OC(C)(C)C)NC(=O)C(C)(C)N)C(=O)N[C@@H](Cc1ccccc1)C(=O)N[C@H](C(=O)N[C@@H](CO)C(=O)O)[C@@H](C)OC(C)(C)C. The molecule has 0 saturated heterocycles. The molecule has 0 bridgehead atoms. The van der Waals surface area contributed by atoms with Gasteiger partial charge in [0.1, 0.15) is 35.8 Å². The number of esters is 1. The van der Waals surface area contributed by atoms with E-state index in [-0.39, 0.29) is 19.3 Å². The van der Waals surface area contributed by atoms with Gasteiger partial charge in [-0.3, -0.25) is 33.6 Å². The number of nitrogens with one attached hydrogen (secondary N) is 6. The largest absolute Gasteiger partial charge is 0.480 e. The number of aliphatic carboxylic acids is 1. The van der Waals surface area contributed by atoms with Gasteiger partial charge in [0, 0.05) is 12.8 Å². The number of carboxylic acids is 1. The van der Waals surface area contributed by atoms with Gasteiger partial charge in [-0.25, -0.2) is 4.79 Å². The molecule has 0 saturated carbocycles. The number of rotatable bonds is 23. The molecule has 0 aromatic heterocycles. The van der Waals surface area contributed by atoms with Crippen LogP contribution in [-0.2, 0) is 59.0 Å². The first-order valence-corrected chi connectivity index (χ1v) is 20.8. The fraction of sp³-hybridized carbons (Fsp3) is 0.674. The standard InChI is InChI=1S/C43H71N7O13/c1-24(61-40(3,4)5)32(49-30(52)22-45-34(54)27(48-39(60)43(12,13)44)19-20-31(53)63-42(9,10)11)36(56)46-28(21-26-17-15-14-16-18-26)35(55)50-33(25(2)62-41(6,7)8)37(57)47-29(23-51)38(58)59/h14-18,24-25,27-29,32-33,51H,19-23,44H2,1-13H3,(H,45,54)(H,46,56)(H,47,57)(H,48,60)(H,49,52)(H,50,55)(H,58,59)/t24-,25-,27+,28+,29+,32+,33+/m1/s1. The van der Waals surface area contributed by atoms with Gasteiger partial charge in [-0.15, -0.1) is 0 Å². The van der Waals surface area contributed by atoms with Crippen molar-refractivity contribution in [2.75, 3.05) is 13.2 Å². The van der Waals surface area contributed by atoms with E-state index in [1.165, 1.54) is 27.7 Å². The molecular formula is C43H71N7O13. The Kier molecular flexibility index (Phi) is 21.3. The summed E-state index contributed by atoms with van der Waals surface area (Å²) >= 11 is 0. The van der Waals surface area contributed by atoms with E-state index < -0.39 is 125 Å². The third-order valence-electron chi connectivity index (χ3n) is 8.60. The number of aliphatic hydroxyl groups excluding tert-OH is 1. The normalized spacial score (nSPS) is 15.5. The maximum atomic E-state index is 14.2. The van der Waals surface area contributed by atoms with Crippen molar-refractivity contribution in [1.82, 2.24) is 31.9 Å². The Balaban J connectivity index is 3.50. The zero-order chi connectivity index (χ0) is 48.7. The lowest BCUT2D eigenvalue weighted by molar-refractivity contribution is -0.155. The summed E-state index contributed by atoms with van der Waals surface area (Å²) < 4.78 is 17.3. The van der Waals surface area contributed by atoms with Gasteiger partial charge in [0.25, 0.3) is 0 Å². The van der Waals surface area contributed by atoms with Gasteiger partial charge in [-0.05, 0) is 102 Å². The van der Waals surface area contributed by atoms with Crippen LogP contribution in [0, 0.1) is 0 Å². The van der Waals surface area contributed by atoms with Crippen LogP contribution >= 0.6 is 0 Å². The highest BCUT2D eigenvalue weighted by atomic mass is 16.6. The van der Waals surface area contributed by atoms with Crippen molar-refractivity contribution in [2.45, 2.75) is 174 Å². The van der Waals surface area contributed by atoms with Crippen LogP contribution in [0.5, 0.6) is 0 Å². The number of carbonyl (C=O) groups is 8. The van der Waals surface area contributed by atoms with E-state index in [2.05, 4.69) is 31.9 Å². The molecule has 0 aliphatic rings. The molecule has 356 valence electrons. The molecule has 7 atom stereocenters. The lowest BCUT2D eigenvalue weighted by Gasteiger charge is -2.33. The fourth-order valence-corrected chi connectivity index (χ4v) is 5.85. The number of amides is 6. The average Bonchev–Trinajstić information content (AvgIpc) is 3.12. The molecule has 0 spiro atoms. The highest BCUT2D eigenvalue weighted by Crippen LogP contribution is 2.17. The minimum atomic E-state index is -1.70. The van der Waals surface area contributed by atoms with Crippen LogP contribution in [0.2, 0.25) is 0 Å². The van der Waals surface area contributed by atoms with Crippen molar-refractivity contribution >= 4 is 47.4 Å². The highest BCUT2D eigenvalue weighted by molar-refractivity contribution is 5.97. The number of aliphatic hydroxyl groups is 1. The first kappa shape index (κ1) is 55.8. The Labute approximate surface area is 370 Å². The first-order chi connectivity index (χ1) is 28.7. The molecule has 0 radical (unpaired) electrons. The summed E-state index contributed by atoms with van der Waals surface area (Å²) in [4.78, 5) is 106. The fourth-order valence-electron chi connectivity index (χ4n) is 5.85. The van der Waals surface area contributed by atoms with E-state index in [9.17, 15) is 48.6 Å². The van der Waals surface area contributed by atoms with Crippen molar-refractivity contribution < 1.29 is 62.8 Å². The Morgan fingerprint density at radius 3 is 1.57 bits per heavy atom. The van der Waals surface area contributed by atoms with Gasteiger partial charge >= 0.3 is 11.9 Å². The third-order valence-corrected chi connectivity index (χ3v) is 8.60. The number of carbonyl (C=O) groups excluding carboxylic acids is 7. The quantitative estimate of drug-likeness (QED) is 0.0660. The van der Waals surface area contributed by atoms with Gasteiger partial charge in [0.2, 0.25) is 35.4 Å². The number of hydrogen-bond acceptors (Lipinski definition) is 13. The molecule has 0 unspecified atom stereocenters. The van der Waals surface area contributed by atoms with Crippen LogP contribution in [0.1, 0.15) is 108 Å². The molecule has 0 aliphatic heterocycles. The van der Waals surface area contributed by atoms with E-state index in [1.807, 2.05) is 0 Å². The zero-order valence-corrected chi connectivity index (χ0v) is 38.9. The predicted octanol–water partition coefficient (Wildman–Crippen LogP) is 0.113. The van der Waals surface area contributed by atoms with Crippen molar-refractivity contribution in [3.63, 3.8) is 0 Å². The monoisotopic (exact) mass is 894 g/mol. The molecule has 1 aromatic rings. The number of carboxylic acid groups (broad SMARTS) is 1. The number of benzene rings is 1. The molecule has 0 fully saturated rings. The van der Waals surface area contributed by atoms with Crippen LogP contribution in [0.4, 0.5) is 0 Å². The van der Waals surface area contributed by atoms with E-state index in [0.717, 1.165) is 0 Å². The maximum Gasteiger partial charge on any atom is 0.328 e. The summed E-state index contributed by atoms with van der Waals surface area (Å²) in [5.74, 6) is -7.29. The Bertz CT molecular complexity index is 1730. The summed E-state index contributed by atoms with van der Waals surface area (Å²) in [7, 11) is 0. The number of nitrogens with two attached hydrogens (primary N) is 1. The summed E-state index contributed by atoms with van der Waals surface area (Å²) in [5.41, 5.74) is 2.66. The smallest absolute Gasteiger partial charge is 0.328 e. The molecule has 0 aliphatic carbocycles. The van der Waals surface area contributed by atoms with E-state index in [4.69, 9.17) is 19.9 Å². The molecule has 1 rings (SSSR count). The Morgan fingerprint density at radius 2 is 1.13 bits per heavy atom. The van der Waals surface area contributed by atoms with Crippen molar-refractivity contribution in [2.24, 2.45) is 5.73 Å². The lowest BCUT2D eigenvalue weighted by atomic mass is 10.0. The van der Waals surface area contributed by atoms with Crippen molar-refractivity contribution in [3.05, 3.63) is 35.9 Å². The second-order valence-electron chi connectivity index (χ2n) is 18.8. The molecule has 63 heavy (non-hydrogen) atoms. The average molecular weight is 894 g/mol. The third kappa shape index (κ3) is 22.1. The molecular weight excluding hydrogens is 823 g/mol. The van der Waals surface area contributed by atoms with Crippen LogP contribution in [-0.4, -0.2) is 136 Å². The van der Waals surface area contributed by atoms with Gasteiger partial charge in [0.05, 0.1) is 42.1 Å². The highest BCUT2D eigenvalue weighted by Gasteiger charge is 2.38. The van der Waals surface area contributed by atoms with Gasteiger partial charge in [-0.2, -0.15) is 0 Å². The molecule has 10 N–H and O–H groups in total. The maximum absolute atomic E-state index is 14.2. The lowest BCUT2D eigenvalue weighted by Crippen LogP contribution is -2.63. The van der Waals surface area contributed by atoms with Crippen molar-refractivity contribution in [1.29, 1.82) is 0 Å². The molecule has 0 heterocycles. The second kappa shape index (κ2) is 24.0.